The Morgan fingerprint density at radius 1 is 0.889 bits per heavy atom. The van der Waals surface area contributed by atoms with Crippen LogP contribution in [0.3, 0.4) is 0 Å². The molecule has 0 unspecified atom stereocenters. The monoisotopic (exact) mass is 360 g/mol. The molecule has 0 radical (unpaired) electrons. The fourth-order valence-electron chi connectivity index (χ4n) is 3.05. The van der Waals surface area contributed by atoms with Crippen molar-refractivity contribution < 1.29 is 0 Å². The van der Waals surface area contributed by atoms with Crippen molar-refractivity contribution in [1.82, 2.24) is 9.13 Å². The molecule has 3 aromatic rings. The number of nitrogens with zero attached hydrogens (tertiary/aromatic N) is 2. The molecule has 0 atom stereocenters. The molecule has 2 aromatic carbocycles. The van der Waals surface area contributed by atoms with E-state index in [1.54, 1.807) is 15.2 Å². The molecule has 5 heteroatoms. The molecule has 0 bridgehead atoms. The summed E-state index contributed by atoms with van der Waals surface area (Å²) in [5, 5.41) is 0. The maximum Gasteiger partial charge on any atom is 0.329 e. The summed E-state index contributed by atoms with van der Waals surface area (Å²) in [4.78, 5) is 13.1. The lowest BCUT2D eigenvalue weighted by molar-refractivity contribution is 0.676. The third-order valence-corrected chi connectivity index (χ3v) is 4.56. The van der Waals surface area contributed by atoms with Crippen LogP contribution in [-0.4, -0.2) is 9.13 Å². The van der Waals surface area contributed by atoms with E-state index in [9.17, 15) is 4.79 Å². The Morgan fingerprint density at radius 2 is 1.37 bits per heavy atom. The molecule has 4 N–H and O–H groups in total. The Hall–Kier alpha value is -3.47. The highest BCUT2D eigenvalue weighted by Crippen LogP contribution is 2.15. The summed E-state index contributed by atoms with van der Waals surface area (Å²) < 4.78 is 3.56. The Balaban J connectivity index is 2.04. The minimum atomic E-state index is -0.0511. The number of nitrogen functional groups attached to an aromatic ring is 2. The van der Waals surface area contributed by atoms with E-state index >= 15 is 0 Å². The summed E-state index contributed by atoms with van der Waals surface area (Å²) in [7, 11) is 0. The van der Waals surface area contributed by atoms with Gasteiger partial charge in [0, 0.05) is 17.1 Å². The predicted octanol–water partition coefficient (Wildman–Crippen LogP) is 3.42. The smallest absolute Gasteiger partial charge is 0.329 e. The second kappa shape index (κ2) is 7.83. The van der Waals surface area contributed by atoms with E-state index < -0.39 is 0 Å². The molecule has 3 rings (SSSR count). The summed E-state index contributed by atoms with van der Waals surface area (Å²) in [5.41, 5.74) is 16.7. The first-order valence-electron chi connectivity index (χ1n) is 8.77. The standard InChI is InChI=1S/C22H24N4O/c1-3-4-5-21-16(2)25(14-17-6-10-19(23)11-7-17)22(27)26(21)15-18-8-12-20(24)13-9-18/h3-13H,1,14-15,23-24H2,2H3/b5-4-. The zero-order chi connectivity index (χ0) is 19.4. The molecular formula is C22H24N4O. The number of aromatic nitrogens is 2. The number of anilines is 2. The lowest BCUT2D eigenvalue weighted by atomic mass is 10.2. The van der Waals surface area contributed by atoms with Gasteiger partial charge in [0.15, 0.2) is 0 Å². The quantitative estimate of drug-likeness (QED) is 0.522. The van der Waals surface area contributed by atoms with Crippen molar-refractivity contribution in [2.24, 2.45) is 0 Å². The maximum atomic E-state index is 13.1. The zero-order valence-electron chi connectivity index (χ0n) is 15.4. The van der Waals surface area contributed by atoms with Gasteiger partial charge in [-0.05, 0) is 48.4 Å². The number of nitrogens with two attached hydrogens (primary N) is 2. The first-order valence-corrected chi connectivity index (χ1v) is 8.77. The SMILES string of the molecule is C=C/C=C\c1c(C)n(Cc2ccc(N)cc2)c(=O)n1Cc1ccc(N)cc1. The maximum absolute atomic E-state index is 13.1. The zero-order valence-corrected chi connectivity index (χ0v) is 15.4. The molecule has 27 heavy (non-hydrogen) atoms. The van der Waals surface area contributed by atoms with Crippen molar-refractivity contribution in [3.8, 4) is 0 Å². The minimum Gasteiger partial charge on any atom is -0.399 e. The minimum absolute atomic E-state index is 0.0511. The Labute approximate surface area is 158 Å². The van der Waals surface area contributed by atoms with Crippen molar-refractivity contribution in [2.75, 3.05) is 11.5 Å². The van der Waals surface area contributed by atoms with E-state index in [1.165, 1.54) is 0 Å². The van der Waals surface area contributed by atoms with Gasteiger partial charge < -0.3 is 11.5 Å². The van der Waals surface area contributed by atoms with Gasteiger partial charge in [-0.3, -0.25) is 9.13 Å². The van der Waals surface area contributed by atoms with Crippen LogP contribution < -0.4 is 17.2 Å². The molecule has 5 nitrogen and oxygen atoms in total. The van der Waals surface area contributed by atoms with Crippen LogP contribution in [0.15, 0.2) is 72.1 Å². The van der Waals surface area contributed by atoms with Crippen molar-refractivity contribution >= 4 is 17.5 Å². The lowest BCUT2D eigenvalue weighted by Gasteiger charge is -2.05. The van der Waals surface area contributed by atoms with Crippen LogP contribution in [0.25, 0.3) is 6.08 Å². The largest absolute Gasteiger partial charge is 0.399 e. The average molecular weight is 360 g/mol. The van der Waals surface area contributed by atoms with Crippen molar-refractivity contribution in [1.29, 1.82) is 0 Å². The Kier molecular flexibility index (Phi) is 5.31. The van der Waals surface area contributed by atoms with Gasteiger partial charge in [-0.25, -0.2) is 4.79 Å². The fraction of sp³-hybridized carbons (Fsp3) is 0.136. The van der Waals surface area contributed by atoms with Crippen LogP contribution in [0.1, 0.15) is 22.5 Å². The van der Waals surface area contributed by atoms with E-state index in [0.29, 0.717) is 24.5 Å². The third kappa shape index (κ3) is 4.03. The van der Waals surface area contributed by atoms with Crippen molar-refractivity contribution in [2.45, 2.75) is 20.0 Å². The van der Waals surface area contributed by atoms with Gasteiger partial charge in [-0.1, -0.05) is 43.0 Å². The van der Waals surface area contributed by atoms with Crippen LogP contribution in [0.4, 0.5) is 11.4 Å². The highest BCUT2D eigenvalue weighted by Gasteiger charge is 2.15. The molecule has 0 aliphatic carbocycles. The Morgan fingerprint density at radius 3 is 1.85 bits per heavy atom. The molecular weight excluding hydrogens is 336 g/mol. The molecule has 0 aliphatic rings. The van der Waals surface area contributed by atoms with E-state index in [-0.39, 0.29) is 5.69 Å². The number of hydrogen-bond donors (Lipinski definition) is 2. The molecule has 0 fully saturated rings. The highest BCUT2D eigenvalue weighted by atomic mass is 16.1. The Bertz CT molecular complexity index is 1020. The van der Waals surface area contributed by atoms with Gasteiger partial charge in [0.05, 0.1) is 18.8 Å². The first kappa shape index (κ1) is 18.3. The fourth-order valence-corrected chi connectivity index (χ4v) is 3.05. The molecule has 0 spiro atoms. The summed E-state index contributed by atoms with van der Waals surface area (Å²) in [5.74, 6) is 0. The van der Waals surface area contributed by atoms with Gasteiger partial charge in [0.1, 0.15) is 0 Å². The van der Waals surface area contributed by atoms with Gasteiger partial charge in [-0.2, -0.15) is 0 Å². The highest BCUT2D eigenvalue weighted by molar-refractivity contribution is 5.51. The van der Waals surface area contributed by atoms with Crippen LogP contribution in [0.5, 0.6) is 0 Å². The van der Waals surface area contributed by atoms with Crippen LogP contribution in [0.2, 0.25) is 0 Å². The lowest BCUT2D eigenvalue weighted by Crippen LogP contribution is -2.26. The molecule has 0 saturated carbocycles. The van der Waals surface area contributed by atoms with Crippen molar-refractivity contribution in [3.63, 3.8) is 0 Å². The average Bonchev–Trinajstić information content (AvgIpc) is 2.88. The van der Waals surface area contributed by atoms with E-state index in [0.717, 1.165) is 22.5 Å². The molecule has 138 valence electrons. The number of rotatable bonds is 6. The van der Waals surface area contributed by atoms with Gasteiger partial charge in [0.2, 0.25) is 0 Å². The van der Waals surface area contributed by atoms with Crippen LogP contribution in [0, 0.1) is 6.92 Å². The van der Waals surface area contributed by atoms with Crippen molar-refractivity contribution in [3.05, 3.63) is 100 Å². The first-order chi connectivity index (χ1) is 13.0. The number of benzene rings is 2. The van der Waals surface area contributed by atoms with E-state index in [1.807, 2.05) is 67.6 Å². The van der Waals surface area contributed by atoms with Crippen LogP contribution in [-0.2, 0) is 13.1 Å². The van der Waals surface area contributed by atoms with E-state index in [2.05, 4.69) is 6.58 Å². The molecule has 1 heterocycles. The molecule has 1 aromatic heterocycles. The topological polar surface area (TPSA) is 79.0 Å². The third-order valence-electron chi connectivity index (χ3n) is 4.56. The summed E-state index contributed by atoms with van der Waals surface area (Å²) in [6.45, 7) is 6.66. The second-order valence-electron chi connectivity index (χ2n) is 6.50. The van der Waals surface area contributed by atoms with E-state index in [4.69, 9.17) is 11.5 Å². The van der Waals surface area contributed by atoms with Gasteiger partial charge >= 0.3 is 5.69 Å². The van der Waals surface area contributed by atoms with Gasteiger partial charge in [0.25, 0.3) is 0 Å². The van der Waals surface area contributed by atoms with Crippen LogP contribution >= 0.6 is 0 Å². The normalized spacial score (nSPS) is 11.1. The summed E-state index contributed by atoms with van der Waals surface area (Å²) in [6, 6.07) is 15.1. The predicted molar refractivity (Wildman–Crippen MR) is 113 cm³/mol. The number of hydrogen-bond acceptors (Lipinski definition) is 3. The molecule has 0 amide bonds. The van der Waals surface area contributed by atoms with Gasteiger partial charge in [-0.15, -0.1) is 0 Å². The second-order valence-corrected chi connectivity index (χ2v) is 6.50. The molecule has 0 saturated heterocycles. The number of imidazole rings is 1. The summed E-state index contributed by atoms with van der Waals surface area (Å²) >= 11 is 0. The molecule has 0 aliphatic heterocycles. The number of allylic oxidation sites excluding steroid dienone is 2. The summed E-state index contributed by atoms with van der Waals surface area (Å²) in [6.07, 6.45) is 5.46.